The zero-order valence-electron chi connectivity index (χ0n) is 8.71. The third kappa shape index (κ3) is 17.3. The summed E-state index contributed by atoms with van der Waals surface area (Å²) in [6, 6.07) is -0.602. The van der Waals surface area contributed by atoms with E-state index in [0.717, 1.165) is 26.4 Å². The predicted octanol–water partition coefficient (Wildman–Crippen LogP) is -0.908. The summed E-state index contributed by atoms with van der Waals surface area (Å²) in [5, 5.41) is 0. The Hall–Kier alpha value is -0.890. The van der Waals surface area contributed by atoms with Crippen LogP contribution in [0.25, 0.3) is 0 Å². The molecule has 86 valence electrons. The lowest BCUT2D eigenvalue weighted by Crippen LogP contribution is -2.43. The van der Waals surface area contributed by atoms with Gasteiger partial charge in [-0.2, -0.15) is 0 Å². The fourth-order valence-electron chi connectivity index (χ4n) is 0.448. The van der Waals surface area contributed by atoms with E-state index < -0.39 is 6.03 Å². The molecule has 0 bridgehead atoms. The summed E-state index contributed by atoms with van der Waals surface area (Å²) in [6.07, 6.45) is 0. The zero-order valence-corrected chi connectivity index (χ0v) is 8.71. The van der Waals surface area contributed by atoms with Gasteiger partial charge in [0.05, 0.1) is 13.2 Å². The SMILES string of the molecule is CCOCCOCC.NNC(=O)NN. The van der Waals surface area contributed by atoms with Crippen LogP contribution in [-0.2, 0) is 9.47 Å². The topological polar surface area (TPSA) is 112 Å². The molecule has 0 fully saturated rings. The van der Waals surface area contributed by atoms with Crippen molar-refractivity contribution in [2.75, 3.05) is 26.4 Å². The number of hydrogen-bond acceptors (Lipinski definition) is 5. The Morgan fingerprint density at radius 2 is 1.43 bits per heavy atom. The van der Waals surface area contributed by atoms with Crippen LogP contribution >= 0.6 is 0 Å². The Bertz CT molecular complexity index is 112. The highest BCUT2D eigenvalue weighted by molar-refractivity contribution is 5.72. The summed E-state index contributed by atoms with van der Waals surface area (Å²) < 4.78 is 10.0. The van der Waals surface area contributed by atoms with Crippen LogP contribution in [0.3, 0.4) is 0 Å². The monoisotopic (exact) mass is 208 g/mol. The Morgan fingerprint density at radius 1 is 1.07 bits per heavy atom. The lowest BCUT2D eigenvalue weighted by molar-refractivity contribution is 0.0584. The minimum Gasteiger partial charge on any atom is -0.379 e. The van der Waals surface area contributed by atoms with Crippen molar-refractivity contribution < 1.29 is 14.3 Å². The van der Waals surface area contributed by atoms with Crippen LogP contribution in [0.2, 0.25) is 0 Å². The molecule has 7 nitrogen and oxygen atoms in total. The molecule has 0 spiro atoms. The lowest BCUT2D eigenvalue weighted by atomic mass is 10.7. The Kier molecular flexibility index (Phi) is 16.3. The van der Waals surface area contributed by atoms with Crippen molar-refractivity contribution in [2.45, 2.75) is 13.8 Å². The first kappa shape index (κ1) is 15.6. The summed E-state index contributed by atoms with van der Waals surface area (Å²) in [5.41, 5.74) is 3.48. The van der Waals surface area contributed by atoms with Crippen LogP contribution in [0.5, 0.6) is 0 Å². The second kappa shape index (κ2) is 14.6. The molecule has 2 amide bonds. The number of ether oxygens (including phenoxy) is 2. The first-order valence-electron chi connectivity index (χ1n) is 4.35. The maximum Gasteiger partial charge on any atom is 0.343 e. The number of hydrazine groups is 2. The summed E-state index contributed by atoms with van der Waals surface area (Å²) in [7, 11) is 0. The quantitative estimate of drug-likeness (QED) is 0.202. The predicted molar refractivity (Wildman–Crippen MR) is 53.0 cm³/mol. The van der Waals surface area contributed by atoms with E-state index in [2.05, 4.69) is 11.7 Å². The summed E-state index contributed by atoms with van der Waals surface area (Å²) in [6.45, 7) is 6.98. The van der Waals surface area contributed by atoms with Crippen molar-refractivity contribution in [3.05, 3.63) is 0 Å². The molecule has 0 saturated carbocycles. The molecule has 7 heteroatoms. The van der Waals surface area contributed by atoms with Gasteiger partial charge < -0.3 is 9.47 Å². The van der Waals surface area contributed by atoms with E-state index in [0.29, 0.717) is 0 Å². The largest absolute Gasteiger partial charge is 0.379 e. The Balaban J connectivity index is 0. The van der Waals surface area contributed by atoms with Crippen molar-refractivity contribution in [3.63, 3.8) is 0 Å². The standard InChI is InChI=1S/C6H14O2.CH6N4O/c1-3-7-5-6-8-4-2;2-4-1(6)5-3/h3-6H2,1-2H3;2-3H2,(H2,4,5,6). The minimum absolute atomic E-state index is 0.602. The molecule has 0 aliphatic carbocycles. The van der Waals surface area contributed by atoms with E-state index in [-0.39, 0.29) is 0 Å². The average molecular weight is 208 g/mol. The van der Waals surface area contributed by atoms with Gasteiger partial charge in [0.25, 0.3) is 0 Å². The first-order chi connectivity index (χ1) is 6.72. The van der Waals surface area contributed by atoms with Crippen LogP contribution in [-0.4, -0.2) is 32.5 Å². The van der Waals surface area contributed by atoms with Gasteiger partial charge in [-0.25, -0.2) is 16.5 Å². The van der Waals surface area contributed by atoms with E-state index in [1.807, 2.05) is 13.8 Å². The van der Waals surface area contributed by atoms with Gasteiger partial charge in [-0.05, 0) is 13.8 Å². The van der Waals surface area contributed by atoms with Crippen molar-refractivity contribution in [1.82, 2.24) is 10.9 Å². The lowest BCUT2D eigenvalue weighted by Gasteiger charge is -1.99. The van der Waals surface area contributed by atoms with Gasteiger partial charge in [-0.15, -0.1) is 0 Å². The van der Waals surface area contributed by atoms with Crippen LogP contribution in [0.15, 0.2) is 0 Å². The van der Waals surface area contributed by atoms with Gasteiger partial charge in [-0.1, -0.05) is 0 Å². The number of hydrogen-bond donors (Lipinski definition) is 4. The maximum atomic E-state index is 9.71. The molecule has 0 aliphatic rings. The number of amides is 2. The highest BCUT2D eigenvalue weighted by atomic mass is 16.5. The van der Waals surface area contributed by atoms with Crippen molar-refractivity contribution >= 4 is 6.03 Å². The number of urea groups is 1. The van der Waals surface area contributed by atoms with Crippen molar-refractivity contribution in [3.8, 4) is 0 Å². The molecular formula is C7H20N4O3. The number of nitrogens with one attached hydrogen (secondary N) is 2. The highest BCUT2D eigenvalue weighted by Crippen LogP contribution is 1.75. The molecule has 14 heavy (non-hydrogen) atoms. The minimum atomic E-state index is -0.602. The zero-order chi connectivity index (χ0) is 11.2. The van der Waals surface area contributed by atoms with E-state index in [1.165, 1.54) is 0 Å². The second-order valence-corrected chi connectivity index (χ2v) is 2.01. The average Bonchev–Trinajstić information content (AvgIpc) is 2.24. The van der Waals surface area contributed by atoms with Gasteiger partial charge in [0, 0.05) is 13.2 Å². The fourth-order valence-corrected chi connectivity index (χ4v) is 0.448. The molecule has 0 unspecified atom stereocenters. The first-order valence-corrected chi connectivity index (χ1v) is 4.35. The van der Waals surface area contributed by atoms with Crippen molar-refractivity contribution in [1.29, 1.82) is 0 Å². The van der Waals surface area contributed by atoms with Gasteiger partial charge in [0.2, 0.25) is 0 Å². The molecule has 0 aromatic carbocycles. The summed E-state index contributed by atoms with van der Waals surface area (Å²) in [5.74, 6) is 9.08. The summed E-state index contributed by atoms with van der Waals surface area (Å²) >= 11 is 0. The molecule has 0 atom stereocenters. The maximum absolute atomic E-state index is 9.71. The third-order valence-electron chi connectivity index (χ3n) is 1.04. The second-order valence-electron chi connectivity index (χ2n) is 2.01. The molecular weight excluding hydrogens is 188 g/mol. The van der Waals surface area contributed by atoms with Crippen LogP contribution in [0.1, 0.15) is 13.8 Å². The number of carbonyl (C=O) groups is 1. The Labute approximate surface area is 84.0 Å². The molecule has 0 aromatic heterocycles. The summed E-state index contributed by atoms with van der Waals surface area (Å²) in [4.78, 5) is 9.71. The molecule has 0 radical (unpaired) electrons. The van der Waals surface area contributed by atoms with E-state index in [1.54, 1.807) is 10.9 Å². The molecule has 6 N–H and O–H groups in total. The van der Waals surface area contributed by atoms with Crippen LogP contribution in [0.4, 0.5) is 4.79 Å². The number of carbonyl (C=O) groups excluding carboxylic acids is 1. The fraction of sp³-hybridized carbons (Fsp3) is 0.857. The van der Waals surface area contributed by atoms with Gasteiger partial charge in [0.15, 0.2) is 0 Å². The van der Waals surface area contributed by atoms with E-state index in [4.69, 9.17) is 9.47 Å². The highest BCUT2D eigenvalue weighted by Gasteiger charge is 1.83. The molecule has 0 heterocycles. The van der Waals surface area contributed by atoms with Gasteiger partial charge in [-0.3, -0.25) is 10.9 Å². The Morgan fingerprint density at radius 3 is 1.57 bits per heavy atom. The van der Waals surface area contributed by atoms with Gasteiger partial charge >= 0.3 is 6.03 Å². The van der Waals surface area contributed by atoms with Crippen LogP contribution < -0.4 is 22.5 Å². The molecule has 0 saturated heterocycles. The third-order valence-corrected chi connectivity index (χ3v) is 1.04. The van der Waals surface area contributed by atoms with Crippen LogP contribution in [0, 0.1) is 0 Å². The number of rotatable bonds is 5. The smallest absolute Gasteiger partial charge is 0.343 e. The van der Waals surface area contributed by atoms with Gasteiger partial charge in [0.1, 0.15) is 0 Å². The van der Waals surface area contributed by atoms with E-state index >= 15 is 0 Å². The molecule has 0 aliphatic heterocycles. The van der Waals surface area contributed by atoms with Crippen molar-refractivity contribution in [2.24, 2.45) is 11.7 Å². The normalized spacial score (nSPS) is 8.57. The number of nitrogens with two attached hydrogens (primary N) is 2. The molecule has 0 rings (SSSR count). The van der Waals surface area contributed by atoms with E-state index in [9.17, 15) is 4.79 Å². The molecule has 0 aromatic rings.